The lowest BCUT2D eigenvalue weighted by Crippen LogP contribution is -0.926. The van der Waals surface area contributed by atoms with E-state index in [0.717, 1.165) is 0 Å². The molecule has 0 aliphatic rings. The molecule has 0 saturated heterocycles. The van der Waals surface area contributed by atoms with Crippen molar-refractivity contribution in [2.45, 2.75) is 0 Å². The summed E-state index contributed by atoms with van der Waals surface area (Å²) in [6.07, 6.45) is 0. The zero-order valence-electron chi connectivity index (χ0n) is 2.07. The van der Waals surface area contributed by atoms with Gasteiger partial charge in [-0.3, -0.25) is 4.70 Å². The topological polar surface area (TPSA) is 0 Å². The van der Waals surface area contributed by atoms with Crippen LogP contribution in [0.25, 0.3) is 0 Å². The van der Waals surface area contributed by atoms with Gasteiger partial charge in [-0.05, 0) is 5.54 Å². The first kappa shape index (κ1) is 9.03. The fourth-order valence-electron chi connectivity index (χ4n) is 0. The molecule has 0 aliphatic carbocycles. The fourth-order valence-corrected chi connectivity index (χ4v) is 0. The van der Waals surface area contributed by atoms with Gasteiger partial charge in [-0.15, -0.1) is 0 Å². The molecule has 4 heavy (non-hydrogen) atoms. The van der Waals surface area contributed by atoms with Crippen molar-refractivity contribution in [3.63, 3.8) is 0 Å². The number of hydrogen-bond donors (Lipinski definition) is 0. The second-order valence-corrected chi connectivity index (χ2v) is 0.463. The summed E-state index contributed by atoms with van der Waals surface area (Å²) in [4.78, 5) is 0. The summed E-state index contributed by atoms with van der Waals surface area (Å²) in [6.45, 7) is 3.13. The van der Waals surface area contributed by atoms with E-state index in [1.807, 2.05) is 0 Å². The molecule has 0 aliphatic heterocycles. The number of rotatable bonds is 0. The predicted octanol–water partition coefficient (Wildman–Crippen LogP) is 1.52. The van der Waals surface area contributed by atoms with E-state index in [-0.39, 0.29) is 4.70 Å². The summed E-state index contributed by atoms with van der Waals surface area (Å²) in [6, 6.07) is 0. The van der Waals surface area contributed by atoms with Crippen molar-refractivity contribution >= 4 is 11.6 Å². The van der Waals surface area contributed by atoms with Crippen LogP contribution in [-0.2, 0) is 0 Å². The average molecular weight is 82.5 g/mol. The van der Waals surface area contributed by atoms with E-state index in [1.165, 1.54) is 5.54 Å². The minimum atomic E-state index is 0. The van der Waals surface area contributed by atoms with Crippen molar-refractivity contribution in [2.75, 3.05) is 0 Å². The molecule has 0 spiro atoms. The Labute approximate surface area is 29.4 Å². The molecular weight excluding hydrogens is 78.5 g/mol. The van der Waals surface area contributed by atoms with Crippen LogP contribution in [0.4, 0.5) is 4.70 Å². The van der Waals surface area contributed by atoms with E-state index in [9.17, 15) is 0 Å². The highest BCUT2D eigenvalue weighted by atomic mass is 35.5. The SMILES string of the molecule is C=CCl.F. The van der Waals surface area contributed by atoms with Crippen LogP contribution in [0.15, 0.2) is 12.1 Å². The second kappa shape index (κ2) is 12.3. The summed E-state index contributed by atoms with van der Waals surface area (Å²) in [5.74, 6) is 0. The van der Waals surface area contributed by atoms with Crippen molar-refractivity contribution in [3.05, 3.63) is 12.1 Å². The van der Waals surface area contributed by atoms with Crippen LogP contribution in [0.5, 0.6) is 0 Å². The van der Waals surface area contributed by atoms with Crippen molar-refractivity contribution in [1.82, 2.24) is 0 Å². The van der Waals surface area contributed by atoms with Crippen LogP contribution >= 0.6 is 11.6 Å². The van der Waals surface area contributed by atoms with Gasteiger partial charge in [-0.2, -0.15) is 0 Å². The van der Waals surface area contributed by atoms with Crippen LogP contribution in [0.2, 0.25) is 0 Å². The summed E-state index contributed by atoms with van der Waals surface area (Å²) in [5.41, 5.74) is 1.22. The van der Waals surface area contributed by atoms with Gasteiger partial charge in [0.15, 0.2) is 0 Å². The van der Waals surface area contributed by atoms with Gasteiger partial charge in [0.05, 0.1) is 0 Å². The molecule has 0 nitrogen and oxygen atoms in total. The van der Waals surface area contributed by atoms with Gasteiger partial charge >= 0.3 is 0 Å². The van der Waals surface area contributed by atoms with Crippen molar-refractivity contribution in [2.24, 2.45) is 0 Å². The van der Waals surface area contributed by atoms with Crippen LogP contribution in [0.1, 0.15) is 0 Å². The maximum Gasteiger partial charge on any atom is -0.00296 e. The van der Waals surface area contributed by atoms with Gasteiger partial charge in [0.1, 0.15) is 0 Å². The van der Waals surface area contributed by atoms with E-state index >= 15 is 0 Å². The van der Waals surface area contributed by atoms with Gasteiger partial charge < -0.3 is 0 Å². The highest BCUT2D eigenvalue weighted by molar-refractivity contribution is 6.25. The maximum atomic E-state index is 4.76. The van der Waals surface area contributed by atoms with E-state index < -0.39 is 0 Å². The zero-order chi connectivity index (χ0) is 2.71. The minimum Gasteiger partial charge on any atom is -0.269 e. The van der Waals surface area contributed by atoms with E-state index in [1.54, 1.807) is 0 Å². The molecule has 2 heteroatoms. The quantitative estimate of drug-likeness (QED) is 0.416. The third kappa shape index (κ3) is 1130. The molecule has 0 heterocycles. The van der Waals surface area contributed by atoms with Gasteiger partial charge in [0, 0.05) is 0 Å². The van der Waals surface area contributed by atoms with Crippen molar-refractivity contribution in [1.29, 1.82) is 0 Å². The molecule has 0 aromatic rings. The highest BCUT2D eigenvalue weighted by Gasteiger charge is 1.18. The zero-order valence-corrected chi connectivity index (χ0v) is 2.83. The first-order valence-electron chi connectivity index (χ1n) is 0.626. The predicted molar refractivity (Wildman–Crippen MR) is 18.6 cm³/mol. The largest absolute Gasteiger partial charge is 0.269 e. The molecule has 0 unspecified atom stereocenters. The van der Waals surface area contributed by atoms with Crippen LogP contribution in [0.3, 0.4) is 0 Å². The summed E-state index contributed by atoms with van der Waals surface area (Å²) >= 11 is 4.76. The fraction of sp³-hybridized carbons (Fsp3) is 0. The number of hydrogen-bond acceptors (Lipinski definition) is 0. The van der Waals surface area contributed by atoms with Gasteiger partial charge in [-0.1, -0.05) is 18.2 Å². The molecule has 0 saturated carbocycles. The number of halogens is 2. The van der Waals surface area contributed by atoms with E-state index in [2.05, 4.69) is 6.58 Å². The van der Waals surface area contributed by atoms with Gasteiger partial charge in [0.25, 0.3) is 0 Å². The van der Waals surface area contributed by atoms with Gasteiger partial charge in [-0.25, -0.2) is 0 Å². The van der Waals surface area contributed by atoms with Crippen molar-refractivity contribution in [3.8, 4) is 0 Å². The molecule has 26 valence electrons. The second-order valence-electron chi connectivity index (χ2n) is 0.154. The normalized spacial score (nSPS) is 3.25. The Hall–Kier alpha value is -0.0400. The molecule has 0 atom stereocenters. The Morgan fingerprint density at radius 1 is 1.75 bits per heavy atom. The van der Waals surface area contributed by atoms with Crippen molar-refractivity contribution < 1.29 is 4.70 Å². The molecule has 0 N–H and O–H groups in total. The summed E-state index contributed by atoms with van der Waals surface area (Å²) in [5, 5.41) is 0. The highest BCUT2D eigenvalue weighted by Crippen LogP contribution is 1.60. The molecular formula is C2H4ClF. The van der Waals surface area contributed by atoms with Gasteiger partial charge in [0.2, 0.25) is 0 Å². The minimum absolute atomic E-state index is 0. The monoisotopic (exact) mass is 82.0 g/mol. The lowest BCUT2D eigenvalue weighted by atomic mass is 11.3. The van der Waals surface area contributed by atoms with Crippen LogP contribution in [-0.4, -0.2) is 0 Å². The third-order valence-electron chi connectivity index (χ3n) is 0. The maximum absolute atomic E-state index is 4.76. The van der Waals surface area contributed by atoms with Crippen LogP contribution in [0, 0.1) is 0 Å². The summed E-state index contributed by atoms with van der Waals surface area (Å²) in [7, 11) is 0. The molecule has 0 aromatic carbocycles. The Kier molecular flexibility index (Phi) is 27.9. The Bertz CT molecular complexity index is 13.5. The molecule has 0 fully saturated rings. The Morgan fingerprint density at radius 2 is 1.75 bits per heavy atom. The third-order valence-corrected chi connectivity index (χ3v) is 0. The molecule has 0 bridgehead atoms. The first-order chi connectivity index (χ1) is 1.41. The molecule has 0 rings (SSSR count). The van der Waals surface area contributed by atoms with E-state index in [0.29, 0.717) is 0 Å². The average Bonchev–Trinajstić information content (AvgIpc) is 0.918. The lowest BCUT2D eigenvalue weighted by Gasteiger charge is -1.27. The smallest absolute Gasteiger partial charge is 0.00296 e. The molecule has 0 aromatic heterocycles. The van der Waals surface area contributed by atoms with Crippen LogP contribution < -0.4 is 0 Å². The standard InChI is InChI=1S/C2H3Cl.FH/c1-2-3;/h2H,1H2;1H. The molecule has 0 amide bonds. The first-order valence-corrected chi connectivity index (χ1v) is 1.06. The van der Waals surface area contributed by atoms with E-state index in [4.69, 9.17) is 11.6 Å². The lowest BCUT2D eigenvalue weighted by molar-refractivity contribution is 1.11. The Balaban J connectivity index is 0. The Morgan fingerprint density at radius 3 is 1.75 bits per heavy atom. The summed E-state index contributed by atoms with van der Waals surface area (Å²) < 4.78 is 0. The molecule has 0 radical (unpaired) electrons.